The number of carbonyl (C=O) groups is 2. The second-order valence-electron chi connectivity index (χ2n) is 6.83. The van der Waals surface area contributed by atoms with E-state index in [1.165, 1.54) is 23.9 Å². The molecule has 3 rings (SSSR count). The maximum Gasteiger partial charge on any atom is 0.264 e. The molecule has 7 heteroatoms. The number of hydrogen-bond acceptors (Lipinski definition) is 4. The SMILES string of the molecule is CCOC1CC1NC(=O)c1cc(C(=O)NC)c(=O)n(C(C)c2ccccc2)c1. The Labute approximate surface area is 163 Å². The molecule has 0 radical (unpaired) electrons. The summed E-state index contributed by atoms with van der Waals surface area (Å²) < 4.78 is 6.92. The average Bonchev–Trinajstić information content (AvgIpc) is 3.45. The Balaban J connectivity index is 1.95. The molecule has 3 atom stereocenters. The molecule has 148 valence electrons. The van der Waals surface area contributed by atoms with Gasteiger partial charge < -0.3 is 19.9 Å². The van der Waals surface area contributed by atoms with Crippen LogP contribution in [0.15, 0.2) is 47.4 Å². The van der Waals surface area contributed by atoms with Crippen molar-refractivity contribution in [2.75, 3.05) is 13.7 Å². The average molecular weight is 383 g/mol. The third kappa shape index (κ3) is 4.14. The minimum atomic E-state index is -0.521. The summed E-state index contributed by atoms with van der Waals surface area (Å²) in [5.74, 6) is -0.848. The van der Waals surface area contributed by atoms with Gasteiger partial charge in [0, 0.05) is 19.9 Å². The van der Waals surface area contributed by atoms with Crippen LogP contribution in [0.4, 0.5) is 0 Å². The molecule has 1 fully saturated rings. The zero-order valence-corrected chi connectivity index (χ0v) is 16.3. The van der Waals surface area contributed by atoms with Crippen LogP contribution in [0.2, 0.25) is 0 Å². The van der Waals surface area contributed by atoms with Crippen LogP contribution in [0.25, 0.3) is 0 Å². The molecule has 7 nitrogen and oxygen atoms in total. The summed E-state index contributed by atoms with van der Waals surface area (Å²) in [5, 5.41) is 5.37. The van der Waals surface area contributed by atoms with E-state index in [4.69, 9.17) is 4.74 Å². The molecule has 28 heavy (non-hydrogen) atoms. The maximum absolute atomic E-state index is 12.9. The molecular formula is C21H25N3O4. The van der Waals surface area contributed by atoms with E-state index in [1.807, 2.05) is 44.2 Å². The summed E-state index contributed by atoms with van der Waals surface area (Å²) in [7, 11) is 1.45. The second kappa shape index (κ2) is 8.39. The quantitative estimate of drug-likeness (QED) is 0.762. The second-order valence-corrected chi connectivity index (χ2v) is 6.83. The molecule has 2 N–H and O–H groups in total. The van der Waals surface area contributed by atoms with Crippen molar-refractivity contribution < 1.29 is 14.3 Å². The van der Waals surface area contributed by atoms with Crippen molar-refractivity contribution in [3.63, 3.8) is 0 Å². The van der Waals surface area contributed by atoms with Crippen molar-refractivity contribution in [3.8, 4) is 0 Å². The number of ether oxygens (including phenoxy) is 1. The van der Waals surface area contributed by atoms with E-state index in [0.29, 0.717) is 6.61 Å². The fraction of sp³-hybridized carbons (Fsp3) is 0.381. The molecule has 1 aliphatic rings. The minimum Gasteiger partial charge on any atom is -0.376 e. The van der Waals surface area contributed by atoms with Crippen molar-refractivity contribution in [2.45, 2.75) is 38.5 Å². The van der Waals surface area contributed by atoms with E-state index in [9.17, 15) is 14.4 Å². The number of pyridine rings is 1. The van der Waals surface area contributed by atoms with Gasteiger partial charge in [-0.25, -0.2) is 0 Å². The van der Waals surface area contributed by atoms with Gasteiger partial charge in [0.2, 0.25) is 0 Å². The topological polar surface area (TPSA) is 89.4 Å². The zero-order valence-electron chi connectivity index (χ0n) is 16.3. The molecule has 1 aliphatic carbocycles. The Bertz CT molecular complexity index is 923. The predicted molar refractivity (Wildman–Crippen MR) is 106 cm³/mol. The van der Waals surface area contributed by atoms with Crippen LogP contribution in [0.3, 0.4) is 0 Å². The summed E-state index contributed by atoms with van der Waals surface area (Å²) in [4.78, 5) is 37.8. The first-order valence-corrected chi connectivity index (χ1v) is 9.42. The zero-order chi connectivity index (χ0) is 20.3. The van der Waals surface area contributed by atoms with E-state index in [2.05, 4.69) is 10.6 Å². The molecule has 1 aromatic carbocycles. The Kier molecular flexibility index (Phi) is 5.94. The lowest BCUT2D eigenvalue weighted by molar-refractivity contribution is 0.0914. The van der Waals surface area contributed by atoms with E-state index >= 15 is 0 Å². The van der Waals surface area contributed by atoms with Gasteiger partial charge in [-0.3, -0.25) is 14.4 Å². The number of aromatic nitrogens is 1. The molecule has 1 aromatic heterocycles. The number of amides is 2. The summed E-state index contributed by atoms with van der Waals surface area (Å²) >= 11 is 0. The third-order valence-electron chi connectivity index (χ3n) is 4.91. The lowest BCUT2D eigenvalue weighted by atomic mass is 10.1. The first-order valence-electron chi connectivity index (χ1n) is 9.42. The Morgan fingerprint density at radius 3 is 2.61 bits per heavy atom. The van der Waals surface area contributed by atoms with Crippen molar-refractivity contribution in [1.82, 2.24) is 15.2 Å². The standard InChI is InChI=1S/C21H25N3O4/c1-4-28-18-11-17(18)23-19(25)15-10-16(20(26)22-3)21(27)24(12-15)13(2)14-8-6-5-7-9-14/h5-10,12-13,17-18H,4,11H2,1-3H3,(H,22,26)(H,23,25). The molecule has 2 amide bonds. The van der Waals surface area contributed by atoms with E-state index in [0.717, 1.165) is 12.0 Å². The highest BCUT2D eigenvalue weighted by molar-refractivity contribution is 5.99. The summed E-state index contributed by atoms with van der Waals surface area (Å²) in [6.45, 7) is 4.36. The van der Waals surface area contributed by atoms with Crippen LogP contribution in [-0.2, 0) is 4.74 Å². The lowest BCUT2D eigenvalue weighted by Gasteiger charge is -2.18. The number of benzene rings is 1. The number of nitrogens with one attached hydrogen (secondary N) is 2. The van der Waals surface area contributed by atoms with Crippen LogP contribution in [-0.4, -0.2) is 42.2 Å². The van der Waals surface area contributed by atoms with Gasteiger partial charge >= 0.3 is 0 Å². The smallest absolute Gasteiger partial charge is 0.264 e. The summed E-state index contributed by atoms with van der Waals surface area (Å²) in [5.41, 5.74) is 0.674. The summed E-state index contributed by atoms with van der Waals surface area (Å²) in [6.07, 6.45) is 2.31. The van der Waals surface area contributed by atoms with Crippen molar-refractivity contribution >= 4 is 11.8 Å². The van der Waals surface area contributed by atoms with Crippen molar-refractivity contribution in [1.29, 1.82) is 0 Å². The Morgan fingerprint density at radius 1 is 1.25 bits per heavy atom. The first-order chi connectivity index (χ1) is 13.5. The van der Waals surface area contributed by atoms with E-state index in [1.54, 1.807) is 0 Å². The van der Waals surface area contributed by atoms with Crippen molar-refractivity contribution in [2.24, 2.45) is 0 Å². The monoisotopic (exact) mass is 383 g/mol. The molecule has 3 unspecified atom stereocenters. The highest BCUT2D eigenvalue weighted by Crippen LogP contribution is 2.25. The number of rotatable bonds is 7. The molecule has 0 spiro atoms. The maximum atomic E-state index is 12.9. The van der Waals surface area contributed by atoms with Gasteiger partial charge in [0.1, 0.15) is 5.56 Å². The van der Waals surface area contributed by atoms with Gasteiger partial charge in [0.15, 0.2) is 0 Å². The largest absolute Gasteiger partial charge is 0.376 e. The number of nitrogens with zero attached hydrogens (tertiary/aromatic N) is 1. The van der Waals surface area contributed by atoms with Gasteiger partial charge in [0.05, 0.1) is 23.8 Å². The van der Waals surface area contributed by atoms with Crippen LogP contribution >= 0.6 is 0 Å². The van der Waals surface area contributed by atoms with Crippen molar-refractivity contribution in [3.05, 3.63) is 69.6 Å². The Hall–Kier alpha value is -2.93. The van der Waals surface area contributed by atoms with Gasteiger partial charge in [-0.2, -0.15) is 0 Å². The summed E-state index contributed by atoms with van der Waals surface area (Å²) in [6, 6.07) is 10.4. The van der Waals surface area contributed by atoms with Crippen LogP contribution in [0.5, 0.6) is 0 Å². The highest BCUT2D eigenvalue weighted by Gasteiger charge is 2.39. The molecule has 2 aromatic rings. The third-order valence-corrected chi connectivity index (χ3v) is 4.91. The van der Waals surface area contributed by atoms with Gasteiger partial charge in [-0.1, -0.05) is 30.3 Å². The number of carbonyl (C=O) groups excluding carboxylic acids is 2. The normalized spacial score (nSPS) is 19.0. The van der Waals surface area contributed by atoms with Crippen LogP contribution in [0, 0.1) is 0 Å². The molecule has 1 heterocycles. The molecule has 0 saturated heterocycles. The minimum absolute atomic E-state index is 0.0292. The van der Waals surface area contributed by atoms with Gasteiger partial charge in [0.25, 0.3) is 17.4 Å². The fourth-order valence-corrected chi connectivity index (χ4v) is 3.18. The van der Waals surface area contributed by atoms with Gasteiger partial charge in [-0.15, -0.1) is 0 Å². The lowest BCUT2D eigenvalue weighted by Crippen LogP contribution is -2.35. The van der Waals surface area contributed by atoms with Crippen LogP contribution in [0.1, 0.15) is 52.6 Å². The fourth-order valence-electron chi connectivity index (χ4n) is 3.18. The Morgan fingerprint density at radius 2 is 1.96 bits per heavy atom. The van der Waals surface area contributed by atoms with E-state index < -0.39 is 11.5 Å². The predicted octanol–water partition coefficient (Wildman–Crippen LogP) is 1.72. The molecule has 0 bridgehead atoms. The first kappa shape index (κ1) is 19.8. The highest BCUT2D eigenvalue weighted by atomic mass is 16.5. The number of hydrogen-bond donors (Lipinski definition) is 2. The molecular weight excluding hydrogens is 358 g/mol. The van der Waals surface area contributed by atoms with Crippen LogP contribution < -0.4 is 16.2 Å². The molecule has 1 saturated carbocycles. The molecule has 0 aliphatic heterocycles. The van der Waals surface area contributed by atoms with E-state index in [-0.39, 0.29) is 35.2 Å². The van der Waals surface area contributed by atoms with Gasteiger partial charge in [-0.05, 0) is 31.9 Å².